The van der Waals surface area contributed by atoms with Crippen molar-refractivity contribution in [1.82, 2.24) is 15.1 Å². The van der Waals surface area contributed by atoms with E-state index in [1.807, 2.05) is 30.3 Å². The lowest BCUT2D eigenvalue weighted by Crippen LogP contribution is -2.49. The third-order valence-electron chi connectivity index (χ3n) is 6.11. The summed E-state index contributed by atoms with van der Waals surface area (Å²) in [6, 6.07) is 13.0. The van der Waals surface area contributed by atoms with Crippen LogP contribution in [0.25, 0.3) is 0 Å². The minimum atomic E-state index is -0.331. The smallest absolute Gasteiger partial charge is 0.221 e. The first-order chi connectivity index (χ1) is 13.6. The van der Waals surface area contributed by atoms with Crippen molar-refractivity contribution < 1.29 is 4.79 Å². The molecule has 4 rings (SSSR count). The molecular formula is C23H26N4O. The topological polar surface area (TPSA) is 72.1 Å². The molecule has 2 aliphatic rings. The summed E-state index contributed by atoms with van der Waals surface area (Å²) in [5.41, 5.74) is 8.76. The highest BCUT2D eigenvalue weighted by Crippen LogP contribution is 2.39. The van der Waals surface area contributed by atoms with Crippen molar-refractivity contribution in [1.29, 1.82) is 0 Å². The number of rotatable bonds is 3. The number of benzene rings is 1. The van der Waals surface area contributed by atoms with Gasteiger partial charge in [0, 0.05) is 23.6 Å². The van der Waals surface area contributed by atoms with Gasteiger partial charge < -0.3 is 10.6 Å². The number of aromatic nitrogens is 2. The van der Waals surface area contributed by atoms with Gasteiger partial charge in [0.05, 0.1) is 12.1 Å². The predicted octanol–water partition coefficient (Wildman–Crippen LogP) is 2.63. The maximum atomic E-state index is 11.0. The molecule has 0 spiro atoms. The number of hydrogen-bond donors (Lipinski definition) is 1. The number of hydrogen-bond acceptors (Lipinski definition) is 4. The maximum Gasteiger partial charge on any atom is 0.221 e. The number of nitrogens with two attached hydrogens (primary N) is 1. The van der Waals surface area contributed by atoms with Gasteiger partial charge in [0.2, 0.25) is 5.91 Å². The molecule has 0 radical (unpaired) electrons. The molecule has 5 nitrogen and oxygen atoms in total. The molecule has 2 N–H and O–H groups in total. The maximum absolute atomic E-state index is 11.0. The lowest BCUT2D eigenvalue weighted by molar-refractivity contribution is -0.117. The third kappa shape index (κ3) is 4.23. The summed E-state index contributed by atoms with van der Waals surface area (Å²) in [6.07, 6.45) is 6.58. The Morgan fingerprint density at radius 3 is 2.39 bits per heavy atom. The standard InChI is InChI=1S/C23H26N4O/c1-27-20-3-2-4-21(27)15-18(14-20)22-12-11-19(25-26-22)10-9-16-5-7-17(8-6-16)13-23(24)28/h5-8,11-12,18,20-21H,2-4,13-15H2,1H3,(H2,24,28). The van der Waals surface area contributed by atoms with E-state index in [0.717, 1.165) is 16.8 Å². The van der Waals surface area contributed by atoms with Crippen LogP contribution in [0.1, 0.15) is 60.5 Å². The monoisotopic (exact) mass is 374 g/mol. The second kappa shape index (κ2) is 8.12. The first-order valence-electron chi connectivity index (χ1n) is 10.0. The van der Waals surface area contributed by atoms with E-state index in [4.69, 9.17) is 5.73 Å². The van der Waals surface area contributed by atoms with Crippen molar-refractivity contribution in [3.8, 4) is 11.8 Å². The van der Waals surface area contributed by atoms with E-state index in [9.17, 15) is 4.79 Å². The zero-order valence-corrected chi connectivity index (χ0v) is 16.3. The molecule has 1 amide bonds. The lowest BCUT2D eigenvalue weighted by atomic mass is 9.77. The highest BCUT2D eigenvalue weighted by Gasteiger charge is 2.36. The molecule has 2 aliphatic heterocycles. The van der Waals surface area contributed by atoms with E-state index < -0.39 is 0 Å². The van der Waals surface area contributed by atoms with Crippen LogP contribution in [0.2, 0.25) is 0 Å². The summed E-state index contributed by atoms with van der Waals surface area (Å²) >= 11 is 0. The van der Waals surface area contributed by atoms with Crippen LogP contribution >= 0.6 is 0 Å². The Hall–Kier alpha value is -2.71. The number of fused-ring (bicyclic) bond motifs is 2. The van der Waals surface area contributed by atoms with E-state index in [1.165, 1.54) is 32.1 Å². The first-order valence-corrected chi connectivity index (χ1v) is 10.0. The molecule has 2 unspecified atom stereocenters. The highest BCUT2D eigenvalue weighted by molar-refractivity contribution is 5.76. The molecule has 2 bridgehead atoms. The molecule has 0 aliphatic carbocycles. The van der Waals surface area contributed by atoms with Crippen molar-refractivity contribution in [2.75, 3.05) is 7.05 Å². The van der Waals surface area contributed by atoms with E-state index in [1.54, 1.807) is 0 Å². The van der Waals surface area contributed by atoms with Gasteiger partial charge in [-0.25, -0.2) is 0 Å². The first kappa shape index (κ1) is 18.6. The van der Waals surface area contributed by atoms with Crippen LogP contribution in [-0.4, -0.2) is 40.1 Å². The number of piperidine rings is 2. The van der Waals surface area contributed by atoms with Crippen LogP contribution in [0.15, 0.2) is 36.4 Å². The van der Waals surface area contributed by atoms with Crippen molar-refractivity contribution in [2.24, 2.45) is 5.73 Å². The summed E-state index contributed by atoms with van der Waals surface area (Å²) in [6.45, 7) is 0. The van der Waals surface area contributed by atoms with Gasteiger partial charge in [-0.05, 0) is 68.5 Å². The van der Waals surface area contributed by atoms with Gasteiger partial charge in [0.15, 0.2) is 0 Å². The van der Waals surface area contributed by atoms with E-state index in [0.29, 0.717) is 23.7 Å². The van der Waals surface area contributed by atoms with E-state index in [-0.39, 0.29) is 12.3 Å². The van der Waals surface area contributed by atoms with Crippen LogP contribution in [0.4, 0.5) is 0 Å². The summed E-state index contributed by atoms with van der Waals surface area (Å²) in [5.74, 6) is 6.36. The zero-order valence-electron chi connectivity index (χ0n) is 16.3. The molecule has 3 heterocycles. The highest BCUT2D eigenvalue weighted by atomic mass is 16.1. The summed E-state index contributed by atoms with van der Waals surface area (Å²) < 4.78 is 0. The largest absolute Gasteiger partial charge is 0.369 e. The van der Waals surface area contributed by atoms with Crippen LogP contribution < -0.4 is 5.73 Å². The van der Waals surface area contributed by atoms with E-state index in [2.05, 4.69) is 40.1 Å². The molecule has 2 atom stereocenters. The second-order valence-electron chi connectivity index (χ2n) is 8.01. The van der Waals surface area contributed by atoms with Gasteiger partial charge in [-0.2, -0.15) is 5.10 Å². The second-order valence-corrected chi connectivity index (χ2v) is 8.01. The normalized spacial score (nSPS) is 24.2. The van der Waals surface area contributed by atoms with Gasteiger partial charge in [-0.1, -0.05) is 24.5 Å². The molecule has 2 saturated heterocycles. The average Bonchev–Trinajstić information content (AvgIpc) is 2.67. The Kier molecular flexibility index (Phi) is 5.40. The van der Waals surface area contributed by atoms with Gasteiger partial charge in [0.1, 0.15) is 5.69 Å². The fourth-order valence-electron chi connectivity index (χ4n) is 4.53. The molecule has 1 aromatic carbocycles. The van der Waals surface area contributed by atoms with Crippen molar-refractivity contribution in [3.05, 3.63) is 58.9 Å². The minimum Gasteiger partial charge on any atom is -0.369 e. The Morgan fingerprint density at radius 2 is 1.79 bits per heavy atom. The van der Waals surface area contributed by atoms with Gasteiger partial charge in [0.25, 0.3) is 0 Å². The Balaban J connectivity index is 1.42. The molecule has 0 saturated carbocycles. The number of amides is 1. The summed E-state index contributed by atoms with van der Waals surface area (Å²) in [5, 5.41) is 8.83. The predicted molar refractivity (Wildman–Crippen MR) is 109 cm³/mol. The fraction of sp³-hybridized carbons (Fsp3) is 0.435. The quantitative estimate of drug-likeness (QED) is 0.839. The fourth-order valence-corrected chi connectivity index (χ4v) is 4.53. The number of carbonyl (C=O) groups excluding carboxylic acids is 1. The van der Waals surface area contributed by atoms with Crippen molar-refractivity contribution >= 4 is 5.91 Å². The zero-order chi connectivity index (χ0) is 19.5. The van der Waals surface area contributed by atoms with Crippen LogP contribution in [0.3, 0.4) is 0 Å². The molecule has 1 aromatic heterocycles. The van der Waals surface area contributed by atoms with Crippen LogP contribution in [0.5, 0.6) is 0 Å². The third-order valence-corrected chi connectivity index (χ3v) is 6.11. The summed E-state index contributed by atoms with van der Waals surface area (Å²) in [4.78, 5) is 13.5. The Labute approximate surface area is 166 Å². The van der Waals surface area contributed by atoms with Gasteiger partial charge in [-0.3, -0.25) is 4.79 Å². The lowest BCUT2D eigenvalue weighted by Gasteiger charge is -2.46. The van der Waals surface area contributed by atoms with Gasteiger partial charge in [-0.15, -0.1) is 5.10 Å². The van der Waals surface area contributed by atoms with Crippen molar-refractivity contribution in [3.63, 3.8) is 0 Å². The van der Waals surface area contributed by atoms with Crippen LogP contribution in [0, 0.1) is 11.8 Å². The molecule has 144 valence electrons. The van der Waals surface area contributed by atoms with Crippen LogP contribution in [-0.2, 0) is 11.2 Å². The van der Waals surface area contributed by atoms with Crippen molar-refractivity contribution in [2.45, 2.75) is 56.5 Å². The van der Waals surface area contributed by atoms with Gasteiger partial charge >= 0.3 is 0 Å². The molecule has 5 heteroatoms. The Morgan fingerprint density at radius 1 is 1.07 bits per heavy atom. The Bertz CT molecular complexity index is 881. The number of carbonyl (C=O) groups is 1. The average molecular weight is 374 g/mol. The number of nitrogens with zero attached hydrogens (tertiary/aromatic N) is 3. The molecule has 28 heavy (non-hydrogen) atoms. The molecule has 2 fully saturated rings. The van der Waals surface area contributed by atoms with E-state index >= 15 is 0 Å². The minimum absolute atomic E-state index is 0.249. The molecule has 2 aromatic rings. The molecular weight excluding hydrogens is 348 g/mol. The summed E-state index contributed by atoms with van der Waals surface area (Å²) in [7, 11) is 2.27. The number of primary amides is 1. The SMILES string of the molecule is CN1C2CCCC1CC(c1ccc(C#Cc3ccc(CC(N)=O)cc3)nn1)C2.